The van der Waals surface area contributed by atoms with Crippen molar-refractivity contribution in [2.75, 3.05) is 19.1 Å². The van der Waals surface area contributed by atoms with E-state index in [-0.39, 0.29) is 25.3 Å². The van der Waals surface area contributed by atoms with E-state index in [4.69, 9.17) is 16.2 Å². The highest BCUT2D eigenvalue weighted by molar-refractivity contribution is 7.87. The zero-order valence-electron chi connectivity index (χ0n) is 10.4. The molecule has 0 saturated heterocycles. The molecule has 7 nitrogen and oxygen atoms in total. The van der Waals surface area contributed by atoms with Crippen molar-refractivity contribution in [3.05, 3.63) is 0 Å². The third kappa shape index (κ3) is 8.07. The Kier molecular flexibility index (Phi) is 7.96. The second kappa shape index (κ2) is 8.39. The van der Waals surface area contributed by atoms with Gasteiger partial charge in [0, 0.05) is 6.42 Å². The number of carbonyl (C=O) groups excluding carboxylic acids is 2. The fourth-order valence-corrected chi connectivity index (χ4v) is 1.84. The minimum Gasteiger partial charge on any atom is -0.464 e. The van der Waals surface area contributed by atoms with Crippen molar-refractivity contribution >= 4 is 33.7 Å². The molecule has 1 N–H and O–H groups in total. The second-order valence-electron chi connectivity index (χ2n) is 3.62. The third-order valence-electron chi connectivity index (χ3n) is 1.92. The van der Waals surface area contributed by atoms with Crippen molar-refractivity contribution in [1.82, 2.24) is 0 Å². The molecule has 12 heteroatoms. The maximum Gasteiger partial charge on any atom is 0.418 e. The van der Waals surface area contributed by atoms with Crippen LogP contribution in [0.3, 0.4) is 0 Å². The summed E-state index contributed by atoms with van der Waals surface area (Å²) in [6, 6.07) is 0. The highest BCUT2D eigenvalue weighted by Gasteiger charge is 2.54. The summed E-state index contributed by atoms with van der Waals surface area (Å²) in [6.45, 7) is -0.685. The molecule has 0 heterocycles. The van der Waals surface area contributed by atoms with Gasteiger partial charge in [-0.2, -0.15) is 21.6 Å². The molecule has 0 radical (unpaired) electrons. The zero-order valence-corrected chi connectivity index (χ0v) is 12.0. The predicted octanol–water partition coefficient (Wildman–Crippen LogP) is 0.911. The Labute approximate surface area is 123 Å². The maximum atomic E-state index is 12.3. The first kappa shape index (κ1) is 19.9. The summed E-state index contributed by atoms with van der Waals surface area (Å²) in [7, 11) is -5.69. The Balaban J connectivity index is 4.33. The van der Waals surface area contributed by atoms with Crippen molar-refractivity contribution < 1.29 is 45.2 Å². The Hall–Kier alpha value is -1.07. The van der Waals surface area contributed by atoms with E-state index in [1.807, 2.05) is 0 Å². The lowest BCUT2D eigenvalue weighted by Gasteiger charge is -2.16. The normalized spacial score (nSPS) is 13.6. The summed E-state index contributed by atoms with van der Waals surface area (Å²) in [5.74, 6) is -2.80. The highest BCUT2D eigenvalue weighted by Crippen LogP contribution is 2.26. The molecule has 0 saturated carbocycles. The van der Waals surface area contributed by atoms with Crippen LogP contribution in [-0.4, -0.2) is 55.4 Å². The lowest BCUT2D eigenvalue weighted by atomic mass is 10.3. The van der Waals surface area contributed by atoms with Crippen LogP contribution in [0.25, 0.3) is 0 Å². The summed E-state index contributed by atoms with van der Waals surface area (Å²) in [5, 5.41) is -3.67. The number of carbonyl (C=O) groups is 2. The number of rotatable bonds is 8. The average Bonchev–Trinajstić information content (AvgIpc) is 2.28. The van der Waals surface area contributed by atoms with Gasteiger partial charge < -0.3 is 9.47 Å². The molecular weight excluding hydrogens is 345 g/mol. The Morgan fingerprint density at radius 3 is 2.19 bits per heavy atom. The topological polar surface area (TPSA) is 107 Å². The quantitative estimate of drug-likeness (QED) is 0.298. The molecule has 0 aliphatic rings. The van der Waals surface area contributed by atoms with Crippen LogP contribution in [0.1, 0.15) is 12.8 Å². The monoisotopic (exact) mass is 356 g/mol. The van der Waals surface area contributed by atoms with Gasteiger partial charge in [0.05, 0.1) is 12.5 Å². The predicted molar refractivity (Wildman–Crippen MR) is 63.3 cm³/mol. The Morgan fingerprint density at radius 1 is 1.19 bits per heavy atom. The van der Waals surface area contributed by atoms with Gasteiger partial charge in [0.25, 0.3) is 15.4 Å². The van der Waals surface area contributed by atoms with E-state index in [9.17, 15) is 31.2 Å². The van der Waals surface area contributed by atoms with E-state index in [1.165, 1.54) is 0 Å². The van der Waals surface area contributed by atoms with Crippen LogP contribution in [0.5, 0.6) is 0 Å². The zero-order chi connectivity index (χ0) is 16.7. The first-order valence-electron chi connectivity index (χ1n) is 5.41. The van der Waals surface area contributed by atoms with Crippen LogP contribution in [0.2, 0.25) is 0 Å². The van der Waals surface area contributed by atoms with Crippen LogP contribution < -0.4 is 0 Å². The van der Waals surface area contributed by atoms with Gasteiger partial charge >= 0.3 is 18.1 Å². The third-order valence-corrected chi connectivity index (χ3v) is 3.13. The smallest absolute Gasteiger partial charge is 0.418 e. The van der Waals surface area contributed by atoms with E-state index in [1.54, 1.807) is 0 Å². The van der Waals surface area contributed by atoms with Crippen LogP contribution in [0.4, 0.5) is 13.2 Å². The van der Waals surface area contributed by atoms with Crippen molar-refractivity contribution in [2.45, 2.75) is 24.3 Å². The first-order chi connectivity index (χ1) is 9.50. The highest BCUT2D eigenvalue weighted by atomic mass is 35.5. The van der Waals surface area contributed by atoms with Gasteiger partial charge in [0.2, 0.25) is 0 Å². The molecule has 0 spiro atoms. The molecule has 21 heavy (non-hydrogen) atoms. The minimum absolute atomic E-state index is 0.0426. The molecule has 0 aromatic heterocycles. The van der Waals surface area contributed by atoms with Crippen molar-refractivity contribution in [2.24, 2.45) is 0 Å². The lowest BCUT2D eigenvalue weighted by Crippen LogP contribution is -2.44. The first-order valence-corrected chi connectivity index (χ1v) is 7.45. The molecule has 0 aliphatic carbocycles. The number of hydrogen-bond donors (Lipinski definition) is 1. The number of halogens is 4. The minimum atomic E-state index is -5.69. The van der Waals surface area contributed by atoms with Crippen molar-refractivity contribution in [1.29, 1.82) is 0 Å². The van der Waals surface area contributed by atoms with E-state index >= 15 is 0 Å². The molecular formula is C9H12ClF3O7S. The Bertz CT molecular complexity index is 462. The molecule has 0 rings (SSSR count). The molecule has 0 aromatic carbocycles. The summed E-state index contributed by atoms with van der Waals surface area (Å²) >= 11 is 5.24. The van der Waals surface area contributed by atoms with E-state index < -0.39 is 40.1 Å². The summed E-state index contributed by atoms with van der Waals surface area (Å²) < 4.78 is 75.0. The number of ether oxygens (including phenoxy) is 2. The lowest BCUT2D eigenvalue weighted by molar-refractivity contribution is -0.170. The summed E-state index contributed by atoms with van der Waals surface area (Å²) in [5.41, 5.74) is 0. The van der Waals surface area contributed by atoms with Gasteiger partial charge in [0.15, 0.2) is 0 Å². The van der Waals surface area contributed by atoms with Gasteiger partial charge in [-0.05, 0) is 6.42 Å². The van der Waals surface area contributed by atoms with Crippen molar-refractivity contribution in [3.8, 4) is 0 Å². The largest absolute Gasteiger partial charge is 0.464 e. The van der Waals surface area contributed by atoms with Gasteiger partial charge in [-0.1, -0.05) is 0 Å². The molecule has 1 atom stereocenters. The van der Waals surface area contributed by atoms with Crippen LogP contribution in [0.15, 0.2) is 0 Å². The van der Waals surface area contributed by atoms with Gasteiger partial charge in [-0.3, -0.25) is 14.1 Å². The summed E-state index contributed by atoms with van der Waals surface area (Å²) in [4.78, 5) is 22.0. The van der Waals surface area contributed by atoms with Gasteiger partial charge in [-0.25, -0.2) is 0 Å². The van der Waals surface area contributed by atoms with Gasteiger partial charge in [-0.15, -0.1) is 11.6 Å². The van der Waals surface area contributed by atoms with Crippen molar-refractivity contribution in [3.63, 3.8) is 0 Å². The molecule has 0 bridgehead atoms. The second-order valence-corrected chi connectivity index (χ2v) is 5.50. The number of esters is 2. The summed E-state index contributed by atoms with van der Waals surface area (Å²) in [6.07, 6.45) is -5.94. The standard InChI is InChI=1S/C9H12ClF3O7S/c10-3-5-19-6(14)2-1-4-20-8(15)7(9(11,12)13)21(16,17)18/h7H,1-5H2,(H,16,17,18). The average molecular weight is 357 g/mol. The molecule has 0 fully saturated rings. The van der Waals surface area contributed by atoms with E-state index in [2.05, 4.69) is 9.47 Å². The maximum absolute atomic E-state index is 12.3. The molecule has 0 aliphatic heterocycles. The number of hydrogen-bond acceptors (Lipinski definition) is 6. The molecule has 124 valence electrons. The van der Waals surface area contributed by atoms with E-state index in [0.717, 1.165) is 0 Å². The fraction of sp³-hybridized carbons (Fsp3) is 0.778. The SMILES string of the molecule is O=C(CCCOC(=O)C(C(F)(F)F)S(=O)(=O)O)OCCCl. The Morgan fingerprint density at radius 2 is 1.76 bits per heavy atom. The number of alkyl halides is 4. The molecule has 1 unspecified atom stereocenters. The van der Waals surface area contributed by atoms with Crippen LogP contribution in [0, 0.1) is 0 Å². The van der Waals surface area contributed by atoms with Crippen LogP contribution in [-0.2, 0) is 29.2 Å². The fourth-order valence-electron chi connectivity index (χ4n) is 1.11. The van der Waals surface area contributed by atoms with Crippen LogP contribution >= 0.6 is 11.6 Å². The molecule has 0 amide bonds. The van der Waals surface area contributed by atoms with E-state index in [0.29, 0.717) is 0 Å². The molecule has 0 aromatic rings. The van der Waals surface area contributed by atoms with Gasteiger partial charge in [0.1, 0.15) is 6.61 Å².